The van der Waals surface area contributed by atoms with Gasteiger partial charge in [-0.2, -0.15) is 0 Å². The van der Waals surface area contributed by atoms with Crippen molar-refractivity contribution in [3.05, 3.63) is 47.8 Å². The van der Waals surface area contributed by atoms with Gasteiger partial charge in [-0.1, -0.05) is 30.3 Å². The highest BCUT2D eigenvalue weighted by Gasteiger charge is 2.55. The van der Waals surface area contributed by atoms with Gasteiger partial charge in [-0.3, -0.25) is 4.90 Å². The molecular formula is C27H40N6. The standard InChI is InChI=1S/C27H40N6/c1-31(2)24-17-27(28,25-22-13-20-12-21(15-22)16-23(25)14-20)30-26(29-24)33-10-8-32(9-11-33)18-19-6-4-3-5-7-19/h3-7,17,20-23,25H,8-16,18,28H2,1-2H3,(H,29,30). The number of benzene rings is 1. The molecule has 7 rings (SSSR count). The molecule has 4 saturated carbocycles. The molecule has 0 amide bonds. The molecule has 4 aliphatic carbocycles. The van der Waals surface area contributed by atoms with Crippen LogP contribution in [0.5, 0.6) is 0 Å². The smallest absolute Gasteiger partial charge is 0.201 e. The van der Waals surface area contributed by atoms with Gasteiger partial charge in [0.25, 0.3) is 0 Å². The molecule has 1 aromatic rings. The van der Waals surface area contributed by atoms with Gasteiger partial charge in [0.05, 0.1) is 0 Å². The number of hydrogen-bond donors (Lipinski definition) is 2. The van der Waals surface area contributed by atoms with E-state index in [1.165, 1.54) is 37.7 Å². The Hall–Kier alpha value is -2.05. The maximum Gasteiger partial charge on any atom is 0.201 e. The molecule has 6 aliphatic rings. The van der Waals surface area contributed by atoms with Crippen LogP contribution in [0.1, 0.15) is 37.7 Å². The summed E-state index contributed by atoms with van der Waals surface area (Å²) in [5, 5.41) is 3.63. The first-order valence-corrected chi connectivity index (χ1v) is 13.0. The van der Waals surface area contributed by atoms with E-state index >= 15 is 0 Å². The zero-order valence-electron chi connectivity index (χ0n) is 20.3. The maximum absolute atomic E-state index is 7.27. The van der Waals surface area contributed by atoms with Crippen LogP contribution in [0.2, 0.25) is 0 Å². The number of guanidine groups is 1. The van der Waals surface area contributed by atoms with Crippen LogP contribution in [0.4, 0.5) is 0 Å². The van der Waals surface area contributed by atoms with Crippen LogP contribution in [0, 0.1) is 29.6 Å². The second-order valence-electron chi connectivity index (χ2n) is 11.6. The van der Waals surface area contributed by atoms with Crippen molar-refractivity contribution >= 4 is 5.96 Å². The third kappa shape index (κ3) is 4.06. The van der Waals surface area contributed by atoms with Gasteiger partial charge in [0.1, 0.15) is 11.5 Å². The topological polar surface area (TPSA) is 60.1 Å². The van der Waals surface area contributed by atoms with Gasteiger partial charge in [-0.15, -0.1) is 0 Å². The zero-order chi connectivity index (χ0) is 22.6. The van der Waals surface area contributed by atoms with Gasteiger partial charge < -0.3 is 20.9 Å². The van der Waals surface area contributed by atoms with Gasteiger partial charge in [0.15, 0.2) is 0 Å². The van der Waals surface area contributed by atoms with E-state index in [0.29, 0.717) is 5.92 Å². The second-order valence-corrected chi connectivity index (χ2v) is 11.6. The van der Waals surface area contributed by atoms with Crippen LogP contribution in [0.25, 0.3) is 0 Å². The molecule has 4 bridgehead atoms. The molecule has 5 fully saturated rings. The van der Waals surface area contributed by atoms with Gasteiger partial charge in [-0.25, -0.2) is 4.99 Å². The van der Waals surface area contributed by atoms with Crippen molar-refractivity contribution in [2.45, 2.75) is 44.3 Å². The first-order valence-electron chi connectivity index (χ1n) is 13.0. The minimum Gasteiger partial charge on any atom is -0.364 e. The summed E-state index contributed by atoms with van der Waals surface area (Å²) in [6.07, 6.45) is 9.21. The monoisotopic (exact) mass is 448 g/mol. The lowest BCUT2D eigenvalue weighted by Crippen LogP contribution is -2.62. The van der Waals surface area contributed by atoms with Crippen molar-refractivity contribution in [2.24, 2.45) is 40.3 Å². The van der Waals surface area contributed by atoms with Crippen LogP contribution in [-0.2, 0) is 6.54 Å². The Balaban J connectivity index is 1.20. The number of piperazine rings is 1. The fourth-order valence-corrected chi connectivity index (χ4v) is 7.81. The Morgan fingerprint density at radius 2 is 1.61 bits per heavy atom. The van der Waals surface area contributed by atoms with Crippen molar-refractivity contribution in [3.8, 4) is 0 Å². The molecule has 2 heterocycles. The van der Waals surface area contributed by atoms with Crippen LogP contribution in [0.15, 0.2) is 47.2 Å². The lowest BCUT2D eigenvalue weighted by molar-refractivity contribution is -0.0596. The fourth-order valence-electron chi connectivity index (χ4n) is 7.81. The Labute approximate surface area is 198 Å². The fraction of sp³-hybridized carbons (Fsp3) is 0.667. The van der Waals surface area contributed by atoms with Crippen LogP contribution < -0.4 is 11.1 Å². The molecule has 1 atom stereocenters. The minimum absolute atomic E-state index is 0.483. The summed E-state index contributed by atoms with van der Waals surface area (Å²) in [6, 6.07) is 10.8. The van der Waals surface area contributed by atoms with Crippen LogP contribution in [0.3, 0.4) is 0 Å². The molecule has 6 heteroatoms. The zero-order valence-corrected chi connectivity index (χ0v) is 20.3. The lowest BCUT2D eigenvalue weighted by atomic mass is 9.49. The first-order chi connectivity index (χ1) is 16.0. The highest BCUT2D eigenvalue weighted by molar-refractivity contribution is 5.83. The predicted octanol–water partition coefficient (Wildman–Crippen LogP) is 2.89. The molecular weight excluding hydrogens is 408 g/mol. The Morgan fingerprint density at radius 3 is 2.21 bits per heavy atom. The second kappa shape index (κ2) is 8.31. The molecule has 6 nitrogen and oxygen atoms in total. The predicted molar refractivity (Wildman–Crippen MR) is 133 cm³/mol. The van der Waals surface area contributed by atoms with E-state index in [9.17, 15) is 0 Å². The Morgan fingerprint density at radius 1 is 0.970 bits per heavy atom. The van der Waals surface area contributed by atoms with E-state index in [1.54, 1.807) is 0 Å². The number of nitrogens with one attached hydrogen (secondary N) is 1. The number of nitrogens with zero attached hydrogens (tertiary/aromatic N) is 4. The van der Waals surface area contributed by atoms with Crippen molar-refractivity contribution in [1.29, 1.82) is 0 Å². The van der Waals surface area contributed by atoms with E-state index < -0.39 is 5.66 Å². The maximum atomic E-state index is 7.27. The van der Waals surface area contributed by atoms with Crippen molar-refractivity contribution in [3.63, 3.8) is 0 Å². The van der Waals surface area contributed by atoms with E-state index in [4.69, 9.17) is 10.7 Å². The van der Waals surface area contributed by atoms with Crippen molar-refractivity contribution in [2.75, 3.05) is 40.3 Å². The minimum atomic E-state index is -0.593. The SMILES string of the molecule is CN(C)C1=CC(N)(C2C3CC4CC(C3)CC2C4)N=C(N2CCN(Cc3ccccc3)CC2)N1. The molecule has 3 N–H and O–H groups in total. The molecule has 0 aromatic heterocycles. The summed E-state index contributed by atoms with van der Waals surface area (Å²) in [4.78, 5) is 12.5. The summed E-state index contributed by atoms with van der Waals surface area (Å²) in [5.74, 6) is 5.96. The molecule has 1 aromatic carbocycles. The Bertz CT molecular complexity index is 888. The number of rotatable bonds is 4. The van der Waals surface area contributed by atoms with Gasteiger partial charge in [0.2, 0.25) is 5.96 Å². The van der Waals surface area contributed by atoms with Gasteiger partial charge in [-0.05, 0) is 67.4 Å². The van der Waals surface area contributed by atoms with Crippen LogP contribution >= 0.6 is 0 Å². The highest BCUT2D eigenvalue weighted by Crippen LogP contribution is 2.59. The van der Waals surface area contributed by atoms with Crippen molar-refractivity contribution < 1.29 is 0 Å². The number of nitrogens with two attached hydrogens (primary N) is 1. The normalized spacial score (nSPS) is 38.0. The Kier molecular flexibility index (Phi) is 5.41. The van der Waals surface area contributed by atoms with E-state index in [1.807, 2.05) is 0 Å². The van der Waals surface area contributed by atoms with Crippen LogP contribution in [-0.4, -0.2) is 66.6 Å². The molecule has 1 unspecified atom stereocenters. The van der Waals surface area contributed by atoms with Gasteiger partial charge in [0, 0.05) is 52.7 Å². The summed E-state index contributed by atoms with van der Waals surface area (Å²) in [5.41, 5.74) is 8.07. The third-order valence-corrected chi connectivity index (χ3v) is 9.07. The molecule has 2 aliphatic heterocycles. The molecule has 0 radical (unpaired) electrons. The highest BCUT2D eigenvalue weighted by atomic mass is 15.4. The molecule has 178 valence electrons. The molecule has 33 heavy (non-hydrogen) atoms. The molecule has 0 spiro atoms. The summed E-state index contributed by atoms with van der Waals surface area (Å²) in [7, 11) is 4.22. The number of aliphatic imine (C=N–C) groups is 1. The lowest BCUT2D eigenvalue weighted by Gasteiger charge is -2.58. The van der Waals surface area contributed by atoms with E-state index in [-0.39, 0.29) is 0 Å². The van der Waals surface area contributed by atoms with E-state index in [0.717, 1.165) is 68.2 Å². The first kappa shape index (κ1) is 21.5. The summed E-state index contributed by atoms with van der Waals surface area (Å²) in [6.45, 7) is 5.08. The summed E-state index contributed by atoms with van der Waals surface area (Å²) < 4.78 is 0. The van der Waals surface area contributed by atoms with Gasteiger partial charge >= 0.3 is 0 Å². The third-order valence-electron chi connectivity index (χ3n) is 9.07. The van der Waals surface area contributed by atoms with Crippen molar-refractivity contribution in [1.82, 2.24) is 20.0 Å². The largest absolute Gasteiger partial charge is 0.364 e. The average molecular weight is 449 g/mol. The quantitative estimate of drug-likeness (QED) is 0.742. The number of hydrogen-bond acceptors (Lipinski definition) is 6. The molecule has 1 saturated heterocycles. The van der Waals surface area contributed by atoms with E-state index in [2.05, 4.69) is 70.5 Å². The summed E-state index contributed by atoms with van der Waals surface area (Å²) >= 11 is 0. The average Bonchev–Trinajstić information content (AvgIpc) is 2.79.